The van der Waals surface area contributed by atoms with E-state index >= 15 is 0 Å². The van der Waals surface area contributed by atoms with Gasteiger partial charge in [-0.15, -0.1) is 0 Å². The molecule has 2 aliphatic heterocycles. The fourth-order valence-electron chi connectivity index (χ4n) is 6.80. The first-order valence-corrected chi connectivity index (χ1v) is 17.9. The number of piperidine rings is 2. The van der Waals surface area contributed by atoms with Crippen LogP contribution in [0.2, 0.25) is 0 Å². The number of amides is 3. The number of fused-ring (bicyclic) bond motifs is 1. The number of likely N-dealkylation sites (tertiary alicyclic amines) is 1. The summed E-state index contributed by atoms with van der Waals surface area (Å²) in [6.45, 7) is 11.2. The van der Waals surface area contributed by atoms with Crippen molar-refractivity contribution in [1.82, 2.24) is 40.3 Å². The van der Waals surface area contributed by atoms with Crippen LogP contribution in [0.3, 0.4) is 0 Å². The van der Waals surface area contributed by atoms with E-state index in [2.05, 4.69) is 66.2 Å². The van der Waals surface area contributed by atoms with Gasteiger partial charge in [-0.2, -0.15) is 10.1 Å². The van der Waals surface area contributed by atoms with E-state index in [1.165, 1.54) is 11.1 Å². The van der Waals surface area contributed by atoms with Crippen molar-refractivity contribution in [3.8, 4) is 17.0 Å². The molecule has 2 aromatic carbocycles. The molecular weight excluding hydrogens is 660 g/mol. The minimum atomic E-state index is -0.625. The van der Waals surface area contributed by atoms with Gasteiger partial charge in [0.1, 0.15) is 12.1 Å². The summed E-state index contributed by atoms with van der Waals surface area (Å²) < 4.78 is 13.0. The molecule has 0 radical (unpaired) electrons. The van der Waals surface area contributed by atoms with E-state index in [1.54, 1.807) is 6.33 Å². The zero-order valence-electron chi connectivity index (χ0n) is 30.0. The van der Waals surface area contributed by atoms with E-state index in [0.29, 0.717) is 36.9 Å². The second-order valence-electron chi connectivity index (χ2n) is 14.8. The van der Waals surface area contributed by atoms with Gasteiger partial charge < -0.3 is 19.5 Å². The molecule has 52 heavy (non-hydrogen) atoms. The molecule has 5 aromatic rings. The highest BCUT2D eigenvalue weighted by Crippen LogP contribution is 2.31. The number of nitrogens with zero attached hydrogens (tertiary/aromatic N) is 6. The topological polar surface area (TPSA) is 157 Å². The highest BCUT2D eigenvalue weighted by Gasteiger charge is 2.29. The molecule has 5 heterocycles. The van der Waals surface area contributed by atoms with Crippen LogP contribution in [-0.2, 0) is 28.0 Å². The van der Waals surface area contributed by atoms with E-state index in [0.717, 1.165) is 66.8 Å². The lowest BCUT2D eigenvalue weighted by Gasteiger charge is -2.32. The third kappa shape index (κ3) is 7.89. The van der Waals surface area contributed by atoms with Gasteiger partial charge in [0.15, 0.2) is 6.10 Å². The van der Waals surface area contributed by atoms with Crippen molar-refractivity contribution in [3.63, 3.8) is 0 Å². The number of hydrogen-bond donors (Lipinski definition) is 2. The van der Waals surface area contributed by atoms with Crippen LogP contribution in [0.1, 0.15) is 91.1 Å². The Morgan fingerprint density at radius 1 is 1.06 bits per heavy atom. The van der Waals surface area contributed by atoms with E-state index in [9.17, 15) is 14.4 Å². The molecule has 0 aliphatic carbocycles. The number of aryl methyl sites for hydroxylation is 1. The summed E-state index contributed by atoms with van der Waals surface area (Å²) in [5.74, 6) is 0.585. The highest BCUT2D eigenvalue weighted by molar-refractivity contribution is 5.99. The van der Waals surface area contributed by atoms with Crippen molar-refractivity contribution in [2.24, 2.45) is 0 Å². The van der Waals surface area contributed by atoms with Gasteiger partial charge in [-0.3, -0.25) is 19.7 Å². The van der Waals surface area contributed by atoms with Crippen molar-refractivity contribution in [1.29, 1.82) is 0 Å². The molecule has 0 spiro atoms. The predicted molar refractivity (Wildman–Crippen MR) is 193 cm³/mol. The third-order valence-electron chi connectivity index (χ3n) is 9.91. The zero-order chi connectivity index (χ0) is 36.4. The number of imide groups is 1. The van der Waals surface area contributed by atoms with Gasteiger partial charge in [0.05, 0.1) is 11.2 Å². The van der Waals surface area contributed by atoms with E-state index < -0.39 is 6.10 Å². The van der Waals surface area contributed by atoms with Gasteiger partial charge >= 0.3 is 0 Å². The Hall–Kier alpha value is -5.43. The van der Waals surface area contributed by atoms with Gasteiger partial charge in [0.25, 0.3) is 17.6 Å². The SMILES string of the molecule is Cc1cc(-c2ncnn3cc(CCN4CCC(c5ccc(OC6CCC(=O)NC6=O)cc5)CC4)cc23)ccc1CNC(=O)c1noc(C(C)(C)C)n1. The summed E-state index contributed by atoms with van der Waals surface area (Å²) in [6, 6.07) is 16.4. The second-order valence-corrected chi connectivity index (χ2v) is 14.8. The molecule has 1 unspecified atom stereocenters. The van der Waals surface area contributed by atoms with Crippen molar-refractivity contribution in [3.05, 3.63) is 95.0 Å². The fourth-order valence-corrected chi connectivity index (χ4v) is 6.80. The Labute approximate surface area is 302 Å². The number of nitrogens with one attached hydrogen (secondary N) is 2. The van der Waals surface area contributed by atoms with E-state index in [-0.39, 0.29) is 29.0 Å². The van der Waals surface area contributed by atoms with Crippen LogP contribution in [0.4, 0.5) is 0 Å². The number of carbonyl (C=O) groups is 3. The zero-order valence-corrected chi connectivity index (χ0v) is 30.0. The lowest BCUT2D eigenvalue weighted by atomic mass is 9.89. The van der Waals surface area contributed by atoms with Gasteiger partial charge in [-0.1, -0.05) is 50.2 Å². The monoisotopic (exact) mass is 704 g/mol. The standard InChI is InChI=1S/C39H44N8O5/c1-24-19-28(5-6-29(24)21-40-37(50)35-44-38(52-45-35)39(2,3)4)34-31-20-25(22-47(31)42-23-41-34)13-16-46-17-14-27(15-18-46)26-7-9-30(10-8-26)51-32-11-12-33(48)43-36(32)49/h5-10,19-20,22-23,27,32H,11-18,21H2,1-4H3,(H,40,50)(H,43,48,49). The molecule has 7 rings (SSSR count). The Balaban J connectivity index is 0.915. The van der Waals surface area contributed by atoms with Crippen LogP contribution in [0, 0.1) is 6.92 Å². The summed E-state index contributed by atoms with van der Waals surface area (Å²) in [5, 5.41) is 13.6. The molecule has 0 bridgehead atoms. The number of ether oxygens (including phenoxy) is 1. The van der Waals surface area contributed by atoms with Crippen LogP contribution in [0.15, 0.2) is 65.6 Å². The minimum absolute atomic E-state index is 0.0271. The Morgan fingerprint density at radius 2 is 1.85 bits per heavy atom. The minimum Gasteiger partial charge on any atom is -0.481 e. The average molecular weight is 705 g/mol. The molecule has 2 fully saturated rings. The molecule has 1 atom stereocenters. The lowest BCUT2D eigenvalue weighted by Crippen LogP contribution is -2.46. The first-order valence-electron chi connectivity index (χ1n) is 17.9. The lowest BCUT2D eigenvalue weighted by molar-refractivity contribution is -0.138. The summed E-state index contributed by atoms with van der Waals surface area (Å²) in [6.07, 6.45) is 6.82. The maximum absolute atomic E-state index is 12.7. The average Bonchev–Trinajstić information content (AvgIpc) is 3.80. The number of rotatable bonds is 10. The maximum atomic E-state index is 12.7. The molecule has 0 saturated carbocycles. The summed E-state index contributed by atoms with van der Waals surface area (Å²) in [7, 11) is 0. The maximum Gasteiger partial charge on any atom is 0.292 e. The molecule has 2 saturated heterocycles. The summed E-state index contributed by atoms with van der Waals surface area (Å²) >= 11 is 0. The van der Waals surface area contributed by atoms with Gasteiger partial charge in [-0.25, -0.2) is 9.50 Å². The van der Waals surface area contributed by atoms with Crippen molar-refractivity contribution < 1.29 is 23.6 Å². The Bertz CT molecular complexity index is 2090. The Morgan fingerprint density at radius 3 is 2.56 bits per heavy atom. The van der Waals surface area contributed by atoms with Crippen molar-refractivity contribution in [2.75, 3.05) is 19.6 Å². The predicted octanol–water partition coefficient (Wildman–Crippen LogP) is 4.92. The van der Waals surface area contributed by atoms with Crippen LogP contribution >= 0.6 is 0 Å². The second kappa shape index (κ2) is 14.7. The van der Waals surface area contributed by atoms with Crippen molar-refractivity contribution in [2.45, 2.75) is 83.8 Å². The fraction of sp³-hybridized carbons (Fsp3) is 0.410. The molecule has 2 aliphatic rings. The van der Waals surface area contributed by atoms with Gasteiger partial charge in [-0.05, 0) is 91.7 Å². The van der Waals surface area contributed by atoms with Crippen LogP contribution < -0.4 is 15.4 Å². The highest BCUT2D eigenvalue weighted by atomic mass is 16.5. The molecule has 13 nitrogen and oxygen atoms in total. The number of benzene rings is 2. The largest absolute Gasteiger partial charge is 0.481 e. The third-order valence-corrected chi connectivity index (χ3v) is 9.91. The number of carbonyl (C=O) groups excluding carboxylic acids is 3. The van der Waals surface area contributed by atoms with Crippen LogP contribution in [0.5, 0.6) is 5.75 Å². The molecule has 270 valence electrons. The molecule has 13 heteroatoms. The first-order chi connectivity index (χ1) is 25.0. The molecule has 2 N–H and O–H groups in total. The van der Waals surface area contributed by atoms with Gasteiger partial charge in [0.2, 0.25) is 11.8 Å². The van der Waals surface area contributed by atoms with Gasteiger partial charge in [0, 0.05) is 43.1 Å². The van der Waals surface area contributed by atoms with E-state index in [4.69, 9.17) is 9.26 Å². The van der Waals surface area contributed by atoms with E-state index in [1.807, 2.05) is 56.5 Å². The summed E-state index contributed by atoms with van der Waals surface area (Å²) in [5.41, 5.74) is 6.97. The smallest absolute Gasteiger partial charge is 0.292 e. The Kier molecular flexibility index (Phi) is 9.87. The number of aromatic nitrogens is 5. The normalized spacial score (nSPS) is 17.3. The van der Waals surface area contributed by atoms with Crippen LogP contribution in [0.25, 0.3) is 16.8 Å². The number of hydrogen-bond acceptors (Lipinski definition) is 10. The molecular formula is C39H44N8O5. The van der Waals surface area contributed by atoms with Crippen molar-refractivity contribution >= 4 is 23.2 Å². The molecule has 3 amide bonds. The quantitative estimate of drug-likeness (QED) is 0.191. The summed E-state index contributed by atoms with van der Waals surface area (Å²) in [4.78, 5) is 47.5. The molecule has 3 aromatic heterocycles. The first kappa shape index (κ1) is 35.0. The van der Waals surface area contributed by atoms with Crippen LogP contribution in [-0.4, -0.2) is 73.1 Å².